The van der Waals surface area contributed by atoms with Crippen LogP contribution in [0.5, 0.6) is 5.75 Å². The number of carboxylic acid groups (broad SMARTS) is 1. The van der Waals surface area contributed by atoms with Gasteiger partial charge in [-0.05, 0) is 12.1 Å². The third kappa shape index (κ3) is 2.25. The molecule has 0 unspecified atom stereocenters. The lowest BCUT2D eigenvalue weighted by atomic mass is 10.2. The van der Waals surface area contributed by atoms with Crippen LogP contribution in [-0.2, 0) is 10.0 Å². The highest BCUT2D eigenvalue weighted by Crippen LogP contribution is 2.30. The van der Waals surface area contributed by atoms with Crippen LogP contribution >= 0.6 is 11.6 Å². The number of hydrogen-bond acceptors (Lipinski definition) is 5. The summed E-state index contributed by atoms with van der Waals surface area (Å²) in [5.74, 6) is 2.32. The molecule has 0 spiro atoms. The van der Waals surface area contributed by atoms with E-state index in [2.05, 4.69) is 0 Å². The minimum Gasteiger partial charge on any atom is -0.506 e. The first-order valence-electron chi connectivity index (χ1n) is 3.78. The van der Waals surface area contributed by atoms with E-state index in [-0.39, 0.29) is 5.02 Å². The lowest BCUT2D eigenvalue weighted by Gasteiger charge is -2.07. The van der Waals surface area contributed by atoms with Gasteiger partial charge in [0.05, 0.1) is 0 Å². The maximum atomic E-state index is 11.3. The van der Waals surface area contributed by atoms with Crippen LogP contribution in [0.2, 0.25) is 5.02 Å². The number of aromatic hydroxyl groups is 1. The number of halogens is 1. The molecule has 0 aliphatic heterocycles. The zero-order chi connectivity index (χ0) is 12.5. The SMILES string of the molecule is NNS(=O)(=O)c1cc(Cl)cc(C(=O)O)c1O. The van der Waals surface area contributed by atoms with Crippen molar-refractivity contribution in [2.75, 3.05) is 0 Å². The molecule has 16 heavy (non-hydrogen) atoms. The van der Waals surface area contributed by atoms with Crippen LogP contribution in [0, 0.1) is 0 Å². The van der Waals surface area contributed by atoms with Gasteiger partial charge in [0.25, 0.3) is 10.0 Å². The molecule has 88 valence electrons. The van der Waals surface area contributed by atoms with Gasteiger partial charge in [0.1, 0.15) is 16.2 Å². The summed E-state index contributed by atoms with van der Waals surface area (Å²) in [6.07, 6.45) is 0. The molecule has 5 N–H and O–H groups in total. The van der Waals surface area contributed by atoms with Crippen molar-refractivity contribution in [2.45, 2.75) is 4.90 Å². The highest BCUT2D eigenvalue weighted by Gasteiger charge is 2.23. The number of rotatable bonds is 3. The second-order valence-corrected chi connectivity index (χ2v) is 4.85. The van der Waals surface area contributed by atoms with Crippen LogP contribution in [0.3, 0.4) is 0 Å². The Hall–Kier alpha value is -1.35. The Labute approximate surface area is 95.5 Å². The van der Waals surface area contributed by atoms with Gasteiger partial charge < -0.3 is 10.2 Å². The molecule has 0 heterocycles. The molecule has 9 heteroatoms. The van der Waals surface area contributed by atoms with Crippen LogP contribution in [-0.4, -0.2) is 24.6 Å². The molecule has 0 fully saturated rings. The lowest BCUT2D eigenvalue weighted by Crippen LogP contribution is -2.30. The Morgan fingerprint density at radius 3 is 2.44 bits per heavy atom. The zero-order valence-corrected chi connectivity index (χ0v) is 9.21. The second kappa shape index (κ2) is 4.26. The Balaban J connectivity index is 3.60. The highest BCUT2D eigenvalue weighted by atomic mass is 35.5. The summed E-state index contributed by atoms with van der Waals surface area (Å²) in [4.78, 5) is 11.4. The van der Waals surface area contributed by atoms with Crippen molar-refractivity contribution in [3.63, 3.8) is 0 Å². The third-order valence-corrected chi connectivity index (χ3v) is 3.13. The average Bonchev–Trinajstić information content (AvgIpc) is 2.20. The molecule has 0 saturated heterocycles. The van der Waals surface area contributed by atoms with Crippen LogP contribution in [0.25, 0.3) is 0 Å². The van der Waals surface area contributed by atoms with Crippen molar-refractivity contribution in [3.8, 4) is 5.75 Å². The Kier molecular flexibility index (Phi) is 3.38. The van der Waals surface area contributed by atoms with Crippen molar-refractivity contribution in [3.05, 3.63) is 22.7 Å². The molecule has 0 atom stereocenters. The van der Waals surface area contributed by atoms with Gasteiger partial charge in [-0.15, -0.1) is 4.83 Å². The van der Waals surface area contributed by atoms with E-state index in [1.54, 1.807) is 0 Å². The molecule has 0 aromatic heterocycles. The Morgan fingerprint density at radius 2 is 2.00 bits per heavy atom. The number of carboxylic acids is 1. The number of nitrogens with one attached hydrogen (secondary N) is 1. The Morgan fingerprint density at radius 1 is 1.44 bits per heavy atom. The molecule has 1 rings (SSSR count). The van der Waals surface area contributed by atoms with E-state index in [1.165, 1.54) is 4.83 Å². The number of phenols is 1. The van der Waals surface area contributed by atoms with E-state index >= 15 is 0 Å². The van der Waals surface area contributed by atoms with Gasteiger partial charge in [0, 0.05) is 5.02 Å². The Bertz CT molecular complexity index is 542. The minimum absolute atomic E-state index is 0.149. The van der Waals surface area contributed by atoms with Gasteiger partial charge in [0.2, 0.25) is 0 Å². The lowest BCUT2D eigenvalue weighted by molar-refractivity contribution is 0.0693. The first-order valence-corrected chi connectivity index (χ1v) is 5.64. The molecule has 1 aromatic rings. The highest BCUT2D eigenvalue weighted by molar-refractivity contribution is 7.89. The summed E-state index contributed by atoms with van der Waals surface area (Å²) in [6, 6.07) is 1.81. The van der Waals surface area contributed by atoms with Crippen molar-refractivity contribution < 1.29 is 23.4 Å². The maximum Gasteiger partial charge on any atom is 0.339 e. The summed E-state index contributed by atoms with van der Waals surface area (Å²) in [5.41, 5.74) is -0.624. The van der Waals surface area contributed by atoms with Crippen molar-refractivity contribution in [1.29, 1.82) is 0 Å². The van der Waals surface area contributed by atoms with Gasteiger partial charge in [-0.25, -0.2) is 13.2 Å². The molecular formula is C7H7ClN2O5S. The normalized spacial score (nSPS) is 11.4. The first kappa shape index (κ1) is 12.7. The van der Waals surface area contributed by atoms with E-state index in [0.29, 0.717) is 0 Å². The fourth-order valence-corrected chi connectivity index (χ4v) is 2.06. The molecule has 0 bridgehead atoms. The fraction of sp³-hybridized carbons (Fsp3) is 0. The number of nitrogens with two attached hydrogens (primary N) is 1. The monoisotopic (exact) mass is 266 g/mol. The maximum absolute atomic E-state index is 11.3. The predicted octanol–water partition coefficient (Wildman–Crippen LogP) is -0.104. The van der Waals surface area contributed by atoms with Gasteiger partial charge in [-0.1, -0.05) is 11.6 Å². The van der Waals surface area contributed by atoms with Crippen molar-refractivity contribution in [2.24, 2.45) is 5.84 Å². The number of carbonyl (C=O) groups is 1. The van der Waals surface area contributed by atoms with E-state index in [1.807, 2.05) is 0 Å². The number of hydrazine groups is 1. The standard InChI is InChI=1S/C7H7ClN2O5S/c8-3-1-4(7(12)13)6(11)5(2-3)16(14,15)10-9/h1-2,10-11H,9H2,(H,12,13). The summed E-state index contributed by atoms with van der Waals surface area (Å²) >= 11 is 5.52. The first-order chi connectivity index (χ1) is 7.29. The van der Waals surface area contributed by atoms with Gasteiger partial charge >= 0.3 is 5.97 Å². The molecule has 1 aromatic carbocycles. The van der Waals surface area contributed by atoms with E-state index in [4.69, 9.17) is 22.6 Å². The fourth-order valence-electron chi connectivity index (χ4n) is 1.01. The molecule has 0 amide bonds. The van der Waals surface area contributed by atoms with Gasteiger partial charge in [-0.3, -0.25) is 5.84 Å². The van der Waals surface area contributed by atoms with Crippen LogP contribution in [0.4, 0.5) is 0 Å². The van der Waals surface area contributed by atoms with E-state index in [0.717, 1.165) is 12.1 Å². The average molecular weight is 267 g/mol. The molecule has 0 saturated carbocycles. The molecular weight excluding hydrogens is 260 g/mol. The van der Waals surface area contributed by atoms with Crippen molar-refractivity contribution in [1.82, 2.24) is 4.83 Å². The zero-order valence-electron chi connectivity index (χ0n) is 7.64. The minimum atomic E-state index is -4.18. The second-order valence-electron chi connectivity index (χ2n) is 2.73. The molecule has 7 nitrogen and oxygen atoms in total. The molecule has 0 aliphatic carbocycles. The van der Waals surface area contributed by atoms with Gasteiger partial charge in [-0.2, -0.15) is 0 Å². The summed E-state index contributed by atoms with van der Waals surface area (Å²) in [6.45, 7) is 0. The number of sulfonamides is 1. The van der Waals surface area contributed by atoms with E-state index in [9.17, 15) is 18.3 Å². The van der Waals surface area contributed by atoms with Crippen molar-refractivity contribution >= 4 is 27.6 Å². The number of benzene rings is 1. The largest absolute Gasteiger partial charge is 0.506 e. The molecule has 0 radical (unpaired) electrons. The molecule has 0 aliphatic rings. The summed E-state index contributed by atoms with van der Waals surface area (Å²) < 4.78 is 22.6. The number of aromatic carboxylic acids is 1. The van der Waals surface area contributed by atoms with Gasteiger partial charge in [0.15, 0.2) is 0 Å². The summed E-state index contributed by atoms with van der Waals surface area (Å²) in [7, 11) is -4.18. The van der Waals surface area contributed by atoms with Crippen LogP contribution < -0.4 is 10.7 Å². The number of hydrogen-bond donors (Lipinski definition) is 4. The predicted molar refractivity (Wildman–Crippen MR) is 54.6 cm³/mol. The summed E-state index contributed by atoms with van der Waals surface area (Å²) in [5, 5.41) is 18.0. The third-order valence-electron chi connectivity index (χ3n) is 1.71. The quantitative estimate of drug-likeness (QED) is 0.446. The topological polar surface area (TPSA) is 130 Å². The van der Waals surface area contributed by atoms with Crippen LogP contribution in [0.15, 0.2) is 17.0 Å². The smallest absolute Gasteiger partial charge is 0.339 e. The van der Waals surface area contributed by atoms with Crippen LogP contribution in [0.1, 0.15) is 10.4 Å². The van der Waals surface area contributed by atoms with E-state index < -0.39 is 32.2 Å².